The summed E-state index contributed by atoms with van der Waals surface area (Å²) in [6.45, 7) is 6.60. The molecular formula is C16H23FN2O2. The van der Waals surface area contributed by atoms with E-state index in [1.165, 1.54) is 12.1 Å². The first-order chi connectivity index (χ1) is 9.92. The van der Waals surface area contributed by atoms with Gasteiger partial charge < -0.3 is 15.2 Å². The van der Waals surface area contributed by atoms with Crippen LogP contribution in [-0.2, 0) is 4.74 Å². The molecule has 0 amide bonds. The van der Waals surface area contributed by atoms with Gasteiger partial charge in [0.2, 0.25) is 0 Å². The zero-order valence-corrected chi connectivity index (χ0v) is 12.8. The van der Waals surface area contributed by atoms with Crippen LogP contribution < -0.4 is 5.32 Å². The van der Waals surface area contributed by atoms with Crippen LogP contribution >= 0.6 is 0 Å². The monoisotopic (exact) mass is 294 g/mol. The number of hydrogen-bond acceptors (Lipinski definition) is 4. The van der Waals surface area contributed by atoms with Gasteiger partial charge in [-0.25, -0.2) is 4.39 Å². The summed E-state index contributed by atoms with van der Waals surface area (Å²) >= 11 is 0. The minimum atomic E-state index is -0.713. The van der Waals surface area contributed by atoms with E-state index >= 15 is 0 Å². The summed E-state index contributed by atoms with van der Waals surface area (Å²) in [4.78, 5) is 0. The maximum atomic E-state index is 13.6. The molecule has 21 heavy (non-hydrogen) atoms. The van der Waals surface area contributed by atoms with E-state index in [4.69, 9.17) is 10.00 Å². The summed E-state index contributed by atoms with van der Waals surface area (Å²) < 4.78 is 19.2. The van der Waals surface area contributed by atoms with Crippen molar-refractivity contribution in [3.05, 3.63) is 29.6 Å². The average molecular weight is 294 g/mol. The van der Waals surface area contributed by atoms with E-state index in [2.05, 4.69) is 19.2 Å². The Morgan fingerprint density at radius 3 is 2.67 bits per heavy atom. The van der Waals surface area contributed by atoms with Crippen molar-refractivity contribution in [3.63, 3.8) is 0 Å². The molecule has 2 N–H and O–H groups in total. The van der Waals surface area contributed by atoms with Crippen molar-refractivity contribution < 1.29 is 14.2 Å². The molecule has 0 fully saturated rings. The molecule has 0 aliphatic carbocycles. The number of nitrogens with one attached hydrogen (secondary N) is 1. The fourth-order valence-corrected chi connectivity index (χ4v) is 2.02. The van der Waals surface area contributed by atoms with Crippen molar-refractivity contribution in [1.82, 2.24) is 0 Å². The van der Waals surface area contributed by atoms with Crippen molar-refractivity contribution in [2.75, 3.05) is 18.5 Å². The Kier molecular flexibility index (Phi) is 7.13. The molecule has 0 saturated carbocycles. The highest BCUT2D eigenvalue weighted by Crippen LogP contribution is 2.15. The number of halogens is 1. The average Bonchev–Trinajstić information content (AvgIpc) is 2.43. The second-order valence-corrected chi connectivity index (χ2v) is 5.61. The summed E-state index contributed by atoms with van der Waals surface area (Å²) in [5, 5.41) is 21.3. The zero-order valence-electron chi connectivity index (χ0n) is 12.8. The standard InChI is InChI=1S/C16H23FN2O2/c1-11(2)6-12(3)21-10-14(20)9-19-16-5-4-13(8-18)7-15(16)17/h4-5,7,11-12,14,19-20H,6,9-10H2,1-3H3. The Morgan fingerprint density at radius 2 is 2.10 bits per heavy atom. The van der Waals surface area contributed by atoms with Gasteiger partial charge in [-0.2, -0.15) is 5.26 Å². The van der Waals surface area contributed by atoms with Crippen molar-refractivity contribution in [3.8, 4) is 6.07 Å². The molecule has 0 spiro atoms. The van der Waals surface area contributed by atoms with Crippen molar-refractivity contribution >= 4 is 5.69 Å². The van der Waals surface area contributed by atoms with Crippen molar-refractivity contribution in [1.29, 1.82) is 5.26 Å². The third-order valence-electron chi connectivity index (χ3n) is 3.00. The molecule has 0 aliphatic heterocycles. The molecular weight excluding hydrogens is 271 g/mol. The van der Waals surface area contributed by atoms with Crippen LogP contribution in [0.25, 0.3) is 0 Å². The van der Waals surface area contributed by atoms with E-state index in [-0.39, 0.29) is 30.5 Å². The molecule has 0 bridgehead atoms. The number of nitrogens with zero attached hydrogens (tertiary/aromatic N) is 1. The fourth-order valence-electron chi connectivity index (χ4n) is 2.02. The van der Waals surface area contributed by atoms with E-state index in [0.717, 1.165) is 12.5 Å². The molecule has 1 aromatic carbocycles. The molecule has 1 rings (SSSR count). The minimum Gasteiger partial charge on any atom is -0.389 e. The van der Waals surface area contributed by atoms with Crippen molar-refractivity contribution in [2.45, 2.75) is 39.4 Å². The van der Waals surface area contributed by atoms with Crippen LogP contribution in [0.5, 0.6) is 0 Å². The van der Waals surface area contributed by atoms with Crippen LogP contribution in [0.1, 0.15) is 32.8 Å². The summed E-state index contributed by atoms with van der Waals surface area (Å²) in [5.74, 6) is 0.0401. The maximum absolute atomic E-state index is 13.6. The number of hydrogen-bond donors (Lipinski definition) is 2. The quantitative estimate of drug-likeness (QED) is 0.773. The van der Waals surface area contributed by atoms with Crippen LogP contribution in [0.2, 0.25) is 0 Å². The van der Waals surface area contributed by atoms with Gasteiger partial charge in [0, 0.05) is 6.54 Å². The summed E-state index contributed by atoms with van der Waals surface area (Å²) in [6.07, 6.45) is 0.311. The van der Waals surface area contributed by atoms with Gasteiger partial charge in [-0.15, -0.1) is 0 Å². The lowest BCUT2D eigenvalue weighted by molar-refractivity contribution is -0.00445. The van der Waals surface area contributed by atoms with Gasteiger partial charge in [0.15, 0.2) is 0 Å². The summed E-state index contributed by atoms with van der Waals surface area (Å²) in [6, 6.07) is 6.05. The van der Waals surface area contributed by atoms with E-state index < -0.39 is 11.9 Å². The minimum absolute atomic E-state index is 0.0892. The lowest BCUT2D eigenvalue weighted by atomic mass is 10.1. The summed E-state index contributed by atoms with van der Waals surface area (Å²) in [5.41, 5.74) is 0.535. The zero-order chi connectivity index (χ0) is 15.8. The van der Waals surface area contributed by atoms with Gasteiger partial charge in [0.25, 0.3) is 0 Å². The van der Waals surface area contributed by atoms with Gasteiger partial charge in [0.1, 0.15) is 5.82 Å². The Bertz CT molecular complexity index is 486. The van der Waals surface area contributed by atoms with Crippen LogP contribution in [0.3, 0.4) is 0 Å². The van der Waals surface area contributed by atoms with Crippen molar-refractivity contribution in [2.24, 2.45) is 5.92 Å². The molecule has 0 radical (unpaired) electrons. The predicted octanol–water partition coefficient (Wildman–Crippen LogP) is 2.92. The third kappa shape index (κ3) is 6.56. The van der Waals surface area contributed by atoms with Crippen LogP contribution in [0.4, 0.5) is 10.1 Å². The molecule has 0 heterocycles. The molecule has 5 heteroatoms. The van der Waals surface area contributed by atoms with Crippen LogP contribution in [0, 0.1) is 23.1 Å². The first-order valence-electron chi connectivity index (χ1n) is 7.15. The lowest BCUT2D eigenvalue weighted by Crippen LogP contribution is -2.27. The summed E-state index contributed by atoms with van der Waals surface area (Å²) in [7, 11) is 0. The Balaban J connectivity index is 2.36. The highest BCUT2D eigenvalue weighted by molar-refractivity contribution is 5.48. The second kappa shape index (κ2) is 8.60. The second-order valence-electron chi connectivity index (χ2n) is 5.61. The van der Waals surface area contributed by atoms with E-state index in [0.29, 0.717) is 5.92 Å². The first-order valence-corrected chi connectivity index (χ1v) is 7.15. The van der Waals surface area contributed by atoms with Gasteiger partial charge in [-0.3, -0.25) is 0 Å². The normalized spacial score (nSPS) is 13.8. The SMILES string of the molecule is CC(C)CC(C)OCC(O)CNc1ccc(C#N)cc1F. The first kappa shape index (κ1) is 17.4. The van der Waals surface area contributed by atoms with Gasteiger partial charge in [-0.1, -0.05) is 13.8 Å². The van der Waals surface area contributed by atoms with Gasteiger partial charge in [0.05, 0.1) is 36.1 Å². The largest absolute Gasteiger partial charge is 0.389 e. The highest BCUT2D eigenvalue weighted by atomic mass is 19.1. The Morgan fingerprint density at radius 1 is 1.38 bits per heavy atom. The number of nitriles is 1. The molecule has 0 saturated heterocycles. The van der Waals surface area contributed by atoms with E-state index in [1.807, 2.05) is 13.0 Å². The molecule has 0 aromatic heterocycles. The highest BCUT2D eigenvalue weighted by Gasteiger charge is 2.11. The fraction of sp³-hybridized carbons (Fsp3) is 0.562. The smallest absolute Gasteiger partial charge is 0.147 e. The maximum Gasteiger partial charge on any atom is 0.147 e. The van der Waals surface area contributed by atoms with E-state index in [9.17, 15) is 9.50 Å². The number of aliphatic hydroxyl groups is 1. The van der Waals surface area contributed by atoms with E-state index in [1.54, 1.807) is 0 Å². The molecule has 1 aromatic rings. The number of anilines is 1. The molecule has 2 atom stereocenters. The molecule has 0 aliphatic rings. The molecule has 116 valence electrons. The number of benzene rings is 1. The Hall–Kier alpha value is -1.64. The number of aliphatic hydroxyl groups excluding tert-OH is 1. The van der Waals surface area contributed by atoms with Crippen LogP contribution in [0.15, 0.2) is 18.2 Å². The Labute approximate surface area is 125 Å². The number of rotatable bonds is 8. The predicted molar refractivity (Wildman–Crippen MR) is 80.5 cm³/mol. The molecule has 4 nitrogen and oxygen atoms in total. The van der Waals surface area contributed by atoms with Gasteiger partial charge >= 0.3 is 0 Å². The topological polar surface area (TPSA) is 65.3 Å². The van der Waals surface area contributed by atoms with Gasteiger partial charge in [-0.05, 0) is 37.5 Å². The third-order valence-corrected chi connectivity index (χ3v) is 3.00. The molecule has 2 unspecified atom stereocenters. The van der Waals surface area contributed by atoms with Crippen LogP contribution in [-0.4, -0.2) is 30.5 Å². The lowest BCUT2D eigenvalue weighted by Gasteiger charge is -2.18. The number of ether oxygens (including phenoxy) is 1.